The van der Waals surface area contributed by atoms with Crippen molar-refractivity contribution in [3.05, 3.63) is 54.2 Å². The van der Waals surface area contributed by atoms with Crippen molar-refractivity contribution in [3.63, 3.8) is 0 Å². The average molecular weight is 473 g/mol. The first kappa shape index (κ1) is 23.8. The number of aromatic nitrogens is 2. The average Bonchev–Trinajstić information content (AvgIpc) is 3.25. The van der Waals surface area contributed by atoms with Crippen LogP contribution in [0.4, 0.5) is 5.69 Å². The number of aromatic amines is 1. The Morgan fingerprint density at radius 2 is 2.06 bits per heavy atom. The minimum absolute atomic E-state index is 0.238. The van der Waals surface area contributed by atoms with E-state index in [2.05, 4.69) is 32.5 Å². The molecule has 0 spiro atoms. The van der Waals surface area contributed by atoms with Crippen LogP contribution in [-0.4, -0.2) is 49.4 Å². The molecule has 1 aromatic heterocycles. The summed E-state index contributed by atoms with van der Waals surface area (Å²) in [5.74, 6) is 0.500. The number of piperidine rings is 1. The molecule has 0 bridgehead atoms. The second-order valence-corrected chi connectivity index (χ2v) is 10.7. The first-order chi connectivity index (χ1) is 15.8. The lowest BCUT2D eigenvalue weighted by Gasteiger charge is -2.34. The van der Waals surface area contributed by atoms with Crippen LogP contribution < -0.4 is 10.1 Å². The molecular weight excluding hydrogens is 439 g/mol. The highest BCUT2D eigenvalue weighted by molar-refractivity contribution is 7.53. The van der Waals surface area contributed by atoms with Crippen LogP contribution in [0, 0.1) is 0 Å². The number of nitrogens with zero attached hydrogens (tertiary/aromatic N) is 2. The van der Waals surface area contributed by atoms with Crippen LogP contribution in [-0.2, 0) is 11.1 Å². The monoisotopic (exact) mass is 472 g/mol. The van der Waals surface area contributed by atoms with Crippen molar-refractivity contribution in [2.45, 2.75) is 57.5 Å². The summed E-state index contributed by atoms with van der Waals surface area (Å²) in [6.07, 6.45) is 4.53. The number of fused-ring (bicyclic) bond motifs is 1. The summed E-state index contributed by atoms with van der Waals surface area (Å²) in [7, 11) is -4.42. The van der Waals surface area contributed by atoms with Gasteiger partial charge in [0.25, 0.3) is 0 Å². The molecule has 2 heterocycles. The number of likely N-dealkylation sites (tertiary alicyclic amines) is 1. The maximum absolute atomic E-state index is 12.1. The van der Waals surface area contributed by atoms with Crippen LogP contribution in [0.25, 0.3) is 10.9 Å². The molecule has 0 aliphatic carbocycles. The smallest absolute Gasteiger partial charge is 0.368 e. The number of hydrogen-bond acceptors (Lipinski definition) is 5. The lowest BCUT2D eigenvalue weighted by molar-refractivity contribution is 0.108. The maximum Gasteiger partial charge on any atom is 0.368 e. The fourth-order valence-corrected chi connectivity index (χ4v) is 5.68. The van der Waals surface area contributed by atoms with E-state index in [4.69, 9.17) is 4.74 Å². The van der Waals surface area contributed by atoms with Crippen LogP contribution >= 0.6 is 7.60 Å². The number of hydrogen-bond donors (Lipinski definition) is 4. The number of benzene rings is 2. The van der Waals surface area contributed by atoms with Crippen molar-refractivity contribution < 1.29 is 19.1 Å². The maximum atomic E-state index is 12.1. The van der Waals surface area contributed by atoms with Crippen molar-refractivity contribution in [1.29, 1.82) is 0 Å². The Morgan fingerprint density at radius 1 is 1.24 bits per heavy atom. The lowest BCUT2D eigenvalue weighted by Crippen LogP contribution is -2.41. The minimum atomic E-state index is -4.42. The number of anilines is 1. The number of nitrogens with one attached hydrogen (secondary N) is 2. The highest BCUT2D eigenvalue weighted by atomic mass is 31.2. The second kappa shape index (κ2) is 9.85. The van der Waals surface area contributed by atoms with Gasteiger partial charge < -0.3 is 19.8 Å². The van der Waals surface area contributed by atoms with Crippen LogP contribution in [0.1, 0.15) is 45.1 Å². The Bertz CT molecular complexity index is 1120. The quantitative estimate of drug-likeness (QED) is 0.334. The van der Waals surface area contributed by atoms with Crippen LogP contribution in [0.15, 0.2) is 48.7 Å². The second-order valence-electron chi connectivity index (χ2n) is 8.84. The third kappa shape index (κ3) is 5.41. The van der Waals surface area contributed by atoms with Gasteiger partial charge in [-0.15, -0.1) is 0 Å². The van der Waals surface area contributed by atoms with Gasteiger partial charge in [-0.25, -0.2) is 0 Å². The standard InChI is InChI=1S/C24H33N4O4P/c1-3-24(4-2,33(29,30)31)32-22-9-5-7-18(13-22)16-28-12-6-8-21(17-28)26-20-10-11-23-19(14-20)15-25-27-23/h5,7,9-11,13-15,21,26H,3-4,6,8,12,16-17H2,1-2H3,(H,25,27)(H2,29,30,31)/t21-/m1/s1. The summed E-state index contributed by atoms with van der Waals surface area (Å²) in [6.45, 7) is 6.19. The van der Waals surface area contributed by atoms with Crippen LogP contribution in [0.5, 0.6) is 5.75 Å². The highest BCUT2D eigenvalue weighted by Gasteiger charge is 2.46. The Morgan fingerprint density at radius 3 is 2.82 bits per heavy atom. The molecule has 0 radical (unpaired) electrons. The molecule has 2 aromatic carbocycles. The van der Waals surface area contributed by atoms with Crippen molar-refractivity contribution in [3.8, 4) is 5.75 Å². The van der Waals surface area contributed by atoms with Gasteiger partial charge in [-0.3, -0.25) is 14.6 Å². The molecule has 1 atom stereocenters. The zero-order valence-electron chi connectivity index (χ0n) is 19.2. The minimum Gasteiger partial charge on any atom is -0.475 e. The molecule has 0 saturated carbocycles. The highest BCUT2D eigenvalue weighted by Crippen LogP contribution is 2.55. The summed E-state index contributed by atoms with van der Waals surface area (Å²) in [4.78, 5) is 22.2. The molecule has 1 saturated heterocycles. The van der Waals surface area contributed by atoms with Crippen molar-refractivity contribution in [2.75, 3.05) is 18.4 Å². The van der Waals surface area contributed by atoms with Crippen molar-refractivity contribution in [2.24, 2.45) is 0 Å². The molecule has 4 rings (SSSR count). The van der Waals surface area contributed by atoms with Crippen molar-refractivity contribution >= 4 is 24.2 Å². The van der Waals surface area contributed by atoms with Gasteiger partial charge in [-0.05, 0) is 68.1 Å². The first-order valence-electron chi connectivity index (χ1n) is 11.6. The summed E-state index contributed by atoms with van der Waals surface area (Å²) < 4.78 is 18.0. The normalized spacial score (nSPS) is 17.9. The Kier molecular flexibility index (Phi) is 7.10. The largest absolute Gasteiger partial charge is 0.475 e. The predicted octanol–water partition coefficient (Wildman–Crippen LogP) is 4.71. The molecule has 178 valence electrons. The third-order valence-electron chi connectivity index (χ3n) is 6.56. The van der Waals surface area contributed by atoms with Crippen molar-refractivity contribution in [1.82, 2.24) is 15.1 Å². The van der Waals surface area contributed by atoms with Crippen LogP contribution in [0.2, 0.25) is 0 Å². The summed E-state index contributed by atoms with van der Waals surface area (Å²) in [5, 5.41) is 10.3. The summed E-state index contributed by atoms with van der Waals surface area (Å²) in [6, 6.07) is 14.2. The molecule has 0 unspecified atom stereocenters. The van der Waals surface area contributed by atoms with Gasteiger partial charge in [0.15, 0.2) is 0 Å². The van der Waals surface area contributed by atoms with E-state index in [-0.39, 0.29) is 12.8 Å². The fourth-order valence-electron chi connectivity index (χ4n) is 4.64. The number of H-pyrrole nitrogens is 1. The predicted molar refractivity (Wildman–Crippen MR) is 130 cm³/mol. The molecule has 1 aliphatic heterocycles. The fraction of sp³-hybridized carbons (Fsp3) is 0.458. The van der Waals surface area contributed by atoms with E-state index in [1.807, 2.05) is 30.5 Å². The van der Waals surface area contributed by atoms with E-state index in [1.165, 1.54) is 0 Å². The zero-order valence-corrected chi connectivity index (χ0v) is 20.1. The summed E-state index contributed by atoms with van der Waals surface area (Å²) in [5.41, 5.74) is 3.20. The Labute approximate surface area is 194 Å². The molecule has 4 N–H and O–H groups in total. The zero-order chi connectivity index (χ0) is 23.5. The van der Waals surface area contributed by atoms with E-state index in [0.717, 1.165) is 54.6 Å². The lowest BCUT2D eigenvalue weighted by atomic mass is 10.0. The van der Waals surface area contributed by atoms with Gasteiger partial charge in [0.1, 0.15) is 5.75 Å². The summed E-state index contributed by atoms with van der Waals surface area (Å²) >= 11 is 0. The molecule has 0 amide bonds. The van der Waals surface area contributed by atoms with E-state index in [9.17, 15) is 14.4 Å². The molecule has 33 heavy (non-hydrogen) atoms. The number of ether oxygens (including phenoxy) is 1. The van der Waals surface area contributed by atoms with Gasteiger partial charge >= 0.3 is 7.60 Å². The molecule has 8 nitrogen and oxygen atoms in total. The number of rotatable bonds is 9. The molecule has 3 aromatic rings. The van der Waals surface area contributed by atoms with Gasteiger partial charge in [-0.2, -0.15) is 5.10 Å². The van der Waals surface area contributed by atoms with Gasteiger partial charge in [0, 0.05) is 30.2 Å². The molecular formula is C24H33N4O4P. The van der Waals surface area contributed by atoms with E-state index in [1.54, 1.807) is 19.9 Å². The van der Waals surface area contributed by atoms with Gasteiger partial charge in [-0.1, -0.05) is 26.0 Å². The van der Waals surface area contributed by atoms with Gasteiger partial charge in [0.05, 0.1) is 11.7 Å². The van der Waals surface area contributed by atoms with E-state index in [0.29, 0.717) is 11.8 Å². The van der Waals surface area contributed by atoms with E-state index < -0.39 is 12.9 Å². The SMILES string of the molecule is CCC(CC)(Oc1cccc(CN2CCC[C@@H](Nc3ccc4[nH]ncc4c3)C2)c1)P(=O)(O)O. The topological polar surface area (TPSA) is 111 Å². The molecule has 1 fully saturated rings. The molecule has 9 heteroatoms. The first-order valence-corrected chi connectivity index (χ1v) is 13.2. The van der Waals surface area contributed by atoms with Crippen LogP contribution in [0.3, 0.4) is 0 Å². The Balaban J connectivity index is 1.40. The molecule has 1 aliphatic rings. The third-order valence-corrected chi connectivity index (χ3v) is 8.35. The van der Waals surface area contributed by atoms with E-state index >= 15 is 0 Å². The van der Waals surface area contributed by atoms with Gasteiger partial charge in [0.2, 0.25) is 5.34 Å². The Hall–Kier alpha value is -2.38.